The van der Waals surface area contributed by atoms with Gasteiger partial charge in [0.1, 0.15) is 0 Å². The van der Waals surface area contributed by atoms with Crippen molar-refractivity contribution in [1.82, 2.24) is 20.2 Å². The first-order chi connectivity index (χ1) is 9.28. The molecular weight excluding hydrogens is 326 g/mol. The van der Waals surface area contributed by atoms with E-state index in [0.29, 0.717) is 12.6 Å². The standard InChI is InChI=1S/C12H14BrN5S/c13-9-3-1-2-8(6-9)11(7-14)19-12-15-16-17-18(12)10-4-5-10/h1-3,6,10-11H,4-5,7,14H2. The van der Waals surface area contributed by atoms with E-state index in [0.717, 1.165) is 9.63 Å². The molecule has 0 spiro atoms. The minimum absolute atomic E-state index is 0.168. The highest BCUT2D eigenvalue weighted by atomic mass is 79.9. The van der Waals surface area contributed by atoms with Gasteiger partial charge in [0.2, 0.25) is 5.16 Å². The van der Waals surface area contributed by atoms with Gasteiger partial charge in [-0.2, -0.15) is 0 Å². The first-order valence-corrected chi connectivity index (χ1v) is 7.85. The van der Waals surface area contributed by atoms with E-state index < -0.39 is 0 Å². The van der Waals surface area contributed by atoms with Gasteiger partial charge >= 0.3 is 0 Å². The Hall–Kier alpha value is -0.920. The van der Waals surface area contributed by atoms with Crippen molar-refractivity contribution in [2.45, 2.75) is 29.3 Å². The fraction of sp³-hybridized carbons (Fsp3) is 0.417. The molecule has 0 amide bonds. The van der Waals surface area contributed by atoms with E-state index in [9.17, 15) is 0 Å². The van der Waals surface area contributed by atoms with Gasteiger partial charge in [0.25, 0.3) is 0 Å². The molecule has 19 heavy (non-hydrogen) atoms. The van der Waals surface area contributed by atoms with Crippen molar-refractivity contribution >= 4 is 27.7 Å². The number of tetrazole rings is 1. The molecule has 7 heteroatoms. The Morgan fingerprint density at radius 3 is 3.00 bits per heavy atom. The van der Waals surface area contributed by atoms with Gasteiger partial charge < -0.3 is 5.73 Å². The van der Waals surface area contributed by atoms with Crippen LogP contribution in [0.2, 0.25) is 0 Å². The van der Waals surface area contributed by atoms with Crippen LogP contribution < -0.4 is 5.73 Å². The number of rotatable bonds is 5. The number of halogens is 1. The maximum atomic E-state index is 5.90. The third-order valence-corrected chi connectivity index (χ3v) is 4.76. The Bertz CT molecular complexity index is 569. The van der Waals surface area contributed by atoms with E-state index in [1.54, 1.807) is 11.8 Å². The molecule has 0 saturated heterocycles. The van der Waals surface area contributed by atoms with E-state index >= 15 is 0 Å². The van der Waals surface area contributed by atoms with Crippen molar-refractivity contribution < 1.29 is 0 Å². The maximum Gasteiger partial charge on any atom is 0.210 e. The normalized spacial score (nSPS) is 16.5. The number of nitrogens with zero attached hydrogens (tertiary/aromatic N) is 4. The maximum absolute atomic E-state index is 5.90. The van der Waals surface area contributed by atoms with Crippen LogP contribution in [0.5, 0.6) is 0 Å². The van der Waals surface area contributed by atoms with E-state index in [1.165, 1.54) is 18.4 Å². The number of benzene rings is 1. The molecule has 1 aliphatic carbocycles. The van der Waals surface area contributed by atoms with E-state index in [2.05, 4.69) is 43.6 Å². The topological polar surface area (TPSA) is 69.6 Å². The summed E-state index contributed by atoms with van der Waals surface area (Å²) in [5.41, 5.74) is 7.09. The molecule has 1 aromatic carbocycles. The molecule has 1 saturated carbocycles. The number of hydrogen-bond acceptors (Lipinski definition) is 5. The number of thioether (sulfide) groups is 1. The molecule has 5 nitrogen and oxygen atoms in total. The van der Waals surface area contributed by atoms with Gasteiger partial charge in [0.15, 0.2) is 0 Å². The molecule has 100 valence electrons. The van der Waals surface area contributed by atoms with E-state index in [4.69, 9.17) is 5.73 Å². The largest absolute Gasteiger partial charge is 0.329 e. The van der Waals surface area contributed by atoms with E-state index in [-0.39, 0.29) is 5.25 Å². The predicted octanol–water partition coefficient (Wildman–Crippen LogP) is 2.56. The zero-order valence-electron chi connectivity index (χ0n) is 10.2. The lowest BCUT2D eigenvalue weighted by Gasteiger charge is -2.14. The molecule has 1 unspecified atom stereocenters. The smallest absolute Gasteiger partial charge is 0.210 e. The van der Waals surface area contributed by atoms with Crippen molar-refractivity contribution in [2.24, 2.45) is 5.73 Å². The second-order valence-corrected chi connectivity index (χ2v) is 6.62. The molecule has 1 aromatic heterocycles. The fourth-order valence-electron chi connectivity index (χ4n) is 1.90. The summed E-state index contributed by atoms with van der Waals surface area (Å²) in [6.45, 7) is 0.554. The zero-order chi connectivity index (χ0) is 13.2. The molecule has 2 aromatic rings. The molecule has 1 atom stereocenters. The lowest BCUT2D eigenvalue weighted by molar-refractivity contribution is 0.564. The van der Waals surface area contributed by atoms with Crippen LogP contribution in [-0.2, 0) is 0 Å². The van der Waals surface area contributed by atoms with Crippen LogP contribution in [0.1, 0.15) is 29.7 Å². The number of hydrogen-bond donors (Lipinski definition) is 1. The Labute approximate surface area is 124 Å². The summed E-state index contributed by atoms with van der Waals surface area (Å²) in [4.78, 5) is 0. The highest BCUT2D eigenvalue weighted by Gasteiger charge is 2.29. The quantitative estimate of drug-likeness (QED) is 0.847. The summed E-state index contributed by atoms with van der Waals surface area (Å²) in [5.74, 6) is 0. The van der Waals surface area contributed by atoms with Gasteiger partial charge in [-0.25, -0.2) is 4.68 Å². The summed E-state index contributed by atoms with van der Waals surface area (Å²) in [6.07, 6.45) is 2.34. The second kappa shape index (κ2) is 5.60. The average Bonchev–Trinajstić information content (AvgIpc) is 3.15. The third kappa shape index (κ3) is 2.98. The van der Waals surface area contributed by atoms with Gasteiger partial charge in [-0.15, -0.1) is 5.10 Å². The Morgan fingerprint density at radius 1 is 1.47 bits per heavy atom. The molecule has 2 N–H and O–H groups in total. The van der Waals surface area contributed by atoms with Gasteiger partial charge in [-0.05, 0) is 41.0 Å². The number of aromatic nitrogens is 4. The van der Waals surface area contributed by atoms with Crippen LogP contribution in [-0.4, -0.2) is 26.8 Å². The highest BCUT2D eigenvalue weighted by Crippen LogP contribution is 2.40. The lowest BCUT2D eigenvalue weighted by atomic mass is 10.1. The van der Waals surface area contributed by atoms with Crippen molar-refractivity contribution in [1.29, 1.82) is 0 Å². The van der Waals surface area contributed by atoms with Crippen LogP contribution in [0.15, 0.2) is 33.9 Å². The molecular formula is C12H14BrN5S. The second-order valence-electron chi connectivity index (χ2n) is 4.53. The predicted molar refractivity (Wildman–Crippen MR) is 77.9 cm³/mol. The SMILES string of the molecule is NCC(Sc1nnnn1C1CC1)c1cccc(Br)c1. The Morgan fingerprint density at radius 2 is 2.32 bits per heavy atom. The minimum atomic E-state index is 0.168. The van der Waals surface area contributed by atoms with E-state index in [1.807, 2.05) is 16.8 Å². The summed E-state index contributed by atoms with van der Waals surface area (Å²) in [7, 11) is 0. The van der Waals surface area contributed by atoms with Gasteiger partial charge in [-0.1, -0.05) is 39.8 Å². The van der Waals surface area contributed by atoms with Gasteiger partial charge in [-0.3, -0.25) is 0 Å². The Kier molecular flexibility index (Phi) is 3.86. The highest BCUT2D eigenvalue weighted by molar-refractivity contribution is 9.10. The summed E-state index contributed by atoms with van der Waals surface area (Å²) >= 11 is 5.12. The minimum Gasteiger partial charge on any atom is -0.329 e. The van der Waals surface area contributed by atoms with Crippen molar-refractivity contribution in [3.05, 3.63) is 34.3 Å². The molecule has 1 heterocycles. The third-order valence-electron chi connectivity index (χ3n) is 3.04. The molecule has 0 bridgehead atoms. The molecule has 0 radical (unpaired) electrons. The molecule has 0 aliphatic heterocycles. The van der Waals surface area contributed by atoms with Crippen molar-refractivity contribution in [3.8, 4) is 0 Å². The fourth-order valence-corrected chi connectivity index (χ4v) is 3.33. The van der Waals surface area contributed by atoms with Crippen LogP contribution in [0.4, 0.5) is 0 Å². The Balaban J connectivity index is 1.81. The van der Waals surface area contributed by atoms with Crippen molar-refractivity contribution in [2.75, 3.05) is 6.54 Å². The summed E-state index contributed by atoms with van der Waals surface area (Å²) in [5, 5.41) is 13.0. The monoisotopic (exact) mass is 339 g/mol. The van der Waals surface area contributed by atoms with Crippen LogP contribution in [0.25, 0.3) is 0 Å². The zero-order valence-corrected chi connectivity index (χ0v) is 12.6. The molecule has 1 aliphatic rings. The van der Waals surface area contributed by atoms with Crippen LogP contribution in [0, 0.1) is 0 Å². The van der Waals surface area contributed by atoms with Gasteiger partial charge in [0, 0.05) is 16.3 Å². The average molecular weight is 340 g/mol. The van der Waals surface area contributed by atoms with Gasteiger partial charge in [0.05, 0.1) is 6.04 Å². The van der Waals surface area contributed by atoms with Crippen molar-refractivity contribution in [3.63, 3.8) is 0 Å². The molecule has 1 fully saturated rings. The lowest BCUT2D eigenvalue weighted by Crippen LogP contribution is -2.11. The number of nitrogens with two attached hydrogens (primary N) is 1. The molecule has 3 rings (SSSR count). The summed E-state index contributed by atoms with van der Waals surface area (Å²) < 4.78 is 2.98. The first-order valence-electron chi connectivity index (χ1n) is 6.18. The summed E-state index contributed by atoms with van der Waals surface area (Å²) in [6, 6.07) is 8.69. The first kappa shape index (κ1) is 13.1. The van der Waals surface area contributed by atoms with Crippen LogP contribution in [0.3, 0.4) is 0 Å². The van der Waals surface area contributed by atoms with Crippen LogP contribution >= 0.6 is 27.7 Å².